The third kappa shape index (κ3) is 10.0. The normalized spacial score (nSPS) is 14.6. The molecule has 164 valence electrons. The minimum atomic E-state index is -1.48. The summed E-state index contributed by atoms with van der Waals surface area (Å²) in [6.07, 6.45) is -1.00. The summed E-state index contributed by atoms with van der Waals surface area (Å²) in [5.41, 5.74) is 15.3. The van der Waals surface area contributed by atoms with E-state index in [-0.39, 0.29) is 12.8 Å². The van der Waals surface area contributed by atoms with Crippen molar-refractivity contribution in [2.75, 3.05) is 6.61 Å². The largest absolute Gasteiger partial charge is 0.480 e. The first kappa shape index (κ1) is 25.7. The summed E-state index contributed by atoms with van der Waals surface area (Å²) >= 11 is 0. The summed E-state index contributed by atoms with van der Waals surface area (Å²) in [5.74, 6) is -5.76. The number of aliphatic hydroxyl groups is 1. The van der Waals surface area contributed by atoms with Crippen molar-refractivity contribution in [1.82, 2.24) is 16.0 Å². The highest BCUT2D eigenvalue weighted by atomic mass is 16.4. The van der Waals surface area contributed by atoms with E-state index >= 15 is 0 Å². The van der Waals surface area contributed by atoms with E-state index in [2.05, 4.69) is 16.0 Å². The molecular formula is C15H26N6O8. The molecule has 0 heterocycles. The number of hydrogen-bond donors (Lipinski definition) is 8. The number of aliphatic carboxylic acids is 1. The van der Waals surface area contributed by atoms with Crippen LogP contribution in [0.4, 0.5) is 0 Å². The molecule has 0 spiro atoms. The molecule has 0 aliphatic rings. The predicted molar refractivity (Wildman–Crippen MR) is 96.4 cm³/mol. The molecule has 14 nitrogen and oxygen atoms in total. The number of carbonyl (C=O) groups is 6. The maximum Gasteiger partial charge on any atom is 0.326 e. The third-order valence-electron chi connectivity index (χ3n) is 3.62. The molecule has 4 unspecified atom stereocenters. The van der Waals surface area contributed by atoms with Crippen molar-refractivity contribution in [3.63, 3.8) is 0 Å². The lowest BCUT2D eigenvalue weighted by Crippen LogP contribution is -2.57. The third-order valence-corrected chi connectivity index (χ3v) is 3.62. The molecule has 5 amide bonds. The van der Waals surface area contributed by atoms with Gasteiger partial charge < -0.3 is 43.4 Å². The van der Waals surface area contributed by atoms with Crippen molar-refractivity contribution in [3.8, 4) is 0 Å². The van der Waals surface area contributed by atoms with Gasteiger partial charge in [0.2, 0.25) is 29.5 Å². The smallest absolute Gasteiger partial charge is 0.326 e. The molecule has 0 radical (unpaired) electrons. The summed E-state index contributed by atoms with van der Waals surface area (Å²) in [4.78, 5) is 68.7. The lowest BCUT2D eigenvalue weighted by molar-refractivity contribution is -0.142. The van der Waals surface area contributed by atoms with E-state index in [0.717, 1.165) is 0 Å². The van der Waals surface area contributed by atoms with Gasteiger partial charge in [-0.1, -0.05) is 0 Å². The molecule has 0 bridgehead atoms. The number of hydrogen-bond acceptors (Lipinski definition) is 8. The molecule has 4 atom stereocenters. The van der Waals surface area contributed by atoms with E-state index in [1.54, 1.807) is 0 Å². The minimum absolute atomic E-state index is 0.246. The number of nitrogens with two attached hydrogens (primary N) is 3. The van der Waals surface area contributed by atoms with Crippen LogP contribution >= 0.6 is 0 Å². The lowest BCUT2D eigenvalue weighted by Gasteiger charge is -2.22. The Labute approximate surface area is 165 Å². The van der Waals surface area contributed by atoms with Gasteiger partial charge >= 0.3 is 5.97 Å². The van der Waals surface area contributed by atoms with Crippen molar-refractivity contribution in [2.45, 2.75) is 50.4 Å². The monoisotopic (exact) mass is 418 g/mol. The second-order valence-corrected chi connectivity index (χ2v) is 6.16. The van der Waals surface area contributed by atoms with Crippen LogP contribution in [0, 0.1) is 0 Å². The molecule has 0 aromatic carbocycles. The van der Waals surface area contributed by atoms with Crippen molar-refractivity contribution in [2.24, 2.45) is 17.2 Å². The zero-order valence-corrected chi connectivity index (χ0v) is 15.7. The number of primary amides is 2. The predicted octanol–water partition coefficient (Wildman–Crippen LogP) is -4.99. The molecule has 0 saturated heterocycles. The van der Waals surface area contributed by atoms with Gasteiger partial charge in [-0.2, -0.15) is 0 Å². The maximum absolute atomic E-state index is 12.1. The number of nitrogens with one attached hydrogen (secondary N) is 3. The first-order valence-corrected chi connectivity index (χ1v) is 8.46. The van der Waals surface area contributed by atoms with Gasteiger partial charge in [0.05, 0.1) is 19.1 Å². The molecule has 0 aliphatic carbocycles. The molecule has 14 heteroatoms. The van der Waals surface area contributed by atoms with Gasteiger partial charge in [0.25, 0.3) is 0 Å². The van der Waals surface area contributed by atoms with Crippen LogP contribution in [0.25, 0.3) is 0 Å². The van der Waals surface area contributed by atoms with Crippen molar-refractivity contribution in [3.05, 3.63) is 0 Å². The molecule has 0 fully saturated rings. The molecule has 0 aliphatic heterocycles. The van der Waals surface area contributed by atoms with Crippen LogP contribution in [0.2, 0.25) is 0 Å². The second-order valence-electron chi connectivity index (χ2n) is 6.16. The van der Waals surface area contributed by atoms with Gasteiger partial charge in [0.15, 0.2) is 0 Å². The lowest BCUT2D eigenvalue weighted by atomic mass is 10.1. The topological polar surface area (TPSA) is 257 Å². The fourth-order valence-electron chi connectivity index (χ4n) is 2.00. The van der Waals surface area contributed by atoms with Crippen LogP contribution < -0.4 is 33.2 Å². The summed E-state index contributed by atoms with van der Waals surface area (Å²) in [6, 6.07) is -5.48. The Hall–Kier alpha value is -3.26. The average Bonchev–Trinajstić information content (AvgIpc) is 2.61. The van der Waals surface area contributed by atoms with Crippen LogP contribution in [0.1, 0.15) is 26.2 Å². The van der Waals surface area contributed by atoms with Crippen molar-refractivity contribution < 1.29 is 39.0 Å². The standard InChI is InChI=1S/C15H26N6O8/c1-6(12(25)20-8(15(28)29)2-3-10(17)23)19-14(27)9(5-22)21-13(26)7(16)4-11(18)24/h6-9,22H,2-5,16H2,1H3,(H2,17,23)(H2,18,24)(H,19,27)(H,20,25)(H,21,26)(H,28,29). The van der Waals surface area contributed by atoms with Crippen LogP contribution in [-0.2, 0) is 28.8 Å². The maximum atomic E-state index is 12.1. The highest BCUT2D eigenvalue weighted by Crippen LogP contribution is 1.99. The Morgan fingerprint density at radius 3 is 1.86 bits per heavy atom. The van der Waals surface area contributed by atoms with Crippen LogP contribution in [0.3, 0.4) is 0 Å². The average molecular weight is 418 g/mol. The Morgan fingerprint density at radius 2 is 1.41 bits per heavy atom. The number of carbonyl (C=O) groups excluding carboxylic acids is 5. The van der Waals surface area contributed by atoms with Gasteiger partial charge in [-0.3, -0.25) is 24.0 Å². The molecule has 29 heavy (non-hydrogen) atoms. The number of rotatable bonds is 13. The van der Waals surface area contributed by atoms with E-state index in [4.69, 9.17) is 22.3 Å². The van der Waals surface area contributed by atoms with Crippen LogP contribution in [0.5, 0.6) is 0 Å². The van der Waals surface area contributed by atoms with Gasteiger partial charge in [-0.25, -0.2) is 4.79 Å². The Kier molecular flexibility index (Phi) is 10.9. The number of amides is 5. The number of aliphatic hydroxyl groups excluding tert-OH is 1. The van der Waals surface area contributed by atoms with E-state index in [1.165, 1.54) is 6.92 Å². The fourth-order valence-corrected chi connectivity index (χ4v) is 2.00. The van der Waals surface area contributed by atoms with Gasteiger partial charge in [0.1, 0.15) is 18.1 Å². The highest BCUT2D eigenvalue weighted by Gasteiger charge is 2.28. The summed E-state index contributed by atoms with van der Waals surface area (Å²) in [7, 11) is 0. The summed E-state index contributed by atoms with van der Waals surface area (Å²) in [6.45, 7) is 0.390. The van der Waals surface area contributed by atoms with Gasteiger partial charge in [-0.05, 0) is 13.3 Å². The van der Waals surface area contributed by atoms with E-state index in [9.17, 15) is 33.9 Å². The number of carboxylic acids is 1. The van der Waals surface area contributed by atoms with E-state index in [1.807, 2.05) is 0 Å². The first-order chi connectivity index (χ1) is 13.4. The van der Waals surface area contributed by atoms with Crippen LogP contribution in [-0.4, -0.2) is 76.5 Å². The zero-order chi connectivity index (χ0) is 22.7. The molecule has 0 saturated carbocycles. The number of carboxylic acid groups (broad SMARTS) is 1. The fraction of sp³-hybridized carbons (Fsp3) is 0.600. The second kappa shape index (κ2) is 12.2. The summed E-state index contributed by atoms with van der Waals surface area (Å²) in [5, 5.41) is 24.7. The molecule has 0 aromatic heterocycles. The molecular weight excluding hydrogens is 392 g/mol. The SMILES string of the molecule is CC(NC(=O)C(CO)NC(=O)C(N)CC(N)=O)C(=O)NC(CCC(N)=O)C(=O)O. The first-order valence-electron chi connectivity index (χ1n) is 8.46. The minimum Gasteiger partial charge on any atom is -0.480 e. The Bertz CT molecular complexity index is 655. The summed E-state index contributed by atoms with van der Waals surface area (Å²) < 4.78 is 0. The van der Waals surface area contributed by atoms with E-state index < -0.39 is 72.7 Å². The van der Waals surface area contributed by atoms with E-state index in [0.29, 0.717) is 0 Å². The van der Waals surface area contributed by atoms with Crippen LogP contribution in [0.15, 0.2) is 0 Å². The van der Waals surface area contributed by atoms with Crippen molar-refractivity contribution >= 4 is 35.5 Å². The molecule has 11 N–H and O–H groups in total. The van der Waals surface area contributed by atoms with Gasteiger partial charge in [-0.15, -0.1) is 0 Å². The quantitative estimate of drug-likeness (QED) is 0.142. The van der Waals surface area contributed by atoms with Crippen molar-refractivity contribution in [1.29, 1.82) is 0 Å². The Morgan fingerprint density at radius 1 is 0.862 bits per heavy atom. The zero-order valence-electron chi connectivity index (χ0n) is 15.7. The highest BCUT2D eigenvalue weighted by molar-refractivity contribution is 5.94. The molecule has 0 rings (SSSR count). The van der Waals surface area contributed by atoms with Gasteiger partial charge in [0, 0.05) is 6.42 Å². The molecule has 0 aromatic rings. The Balaban J connectivity index is 4.82.